The summed E-state index contributed by atoms with van der Waals surface area (Å²) >= 11 is 0. The summed E-state index contributed by atoms with van der Waals surface area (Å²) in [6.45, 7) is 1.72. The molecule has 1 aromatic heterocycles. The molecule has 0 fully saturated rings. The first-order valence-electron chi connectivity index (χ1n) is 3.60. The molecule has 5 nitrogen and oxygen atoms in total. The van der Waals surface area contributed by atoms with Gasteiger partial charge in [-0.2, -0.15) is 0 Å². The van der Waals surface area contributed by atoms with Crippen molar-refractivity contribution in [1.82, 2.24) is 9.97 Å². The molecule has 0 aliphatic heterocycles. The quantitative estimate of drug-likeness (QED) is 0.590. The molecule has 4 N–H and O–H groups in total. The Morgan fingerprint density at radius 3 is 2.92 bits per heavy atom. The Kier molecular flexibility index (Phi) is 2.44. The van der Waals surface area contributed by atoms with Gasteiger partial charge in [0.05, 0.1) is 0 Å². The van der Waals surface area contributed by atoms with Crippen molar-refractivity contribution in [1.29, 1.82) is 0 Å². The zero-order valence-electron chi connectivity index (χ0n) is 6.69. The number of hydrogen-bond acceptors (Lipinski definition) is 3. The second-order valence-electron chi connectivity index (χ2n) is 2.63. The predicted molar refractivity (Wildman–Crippen MR) is 42.6 cm³/mol. The summed E-state index contributed by atoms with van der Waals surface area (Å²) in [5, 5.41) is 8.58. The fourth-order valence-corrected chi connectivity index (χ4v) is 0.910. The molecule has 66 valence electrons. The van der Waals surface area contributed by atoms with E-state index < -0.39 is 12.0 Å². The van der Waals surface area contributed by atoms with Gasteiger partial charge in [0.1, 0.15) is 11.9 Å². The highest BCUT2D eigenvalue weighted by molar-refractivity contribution is 5.74. The van der Waals surface area contributed by atoms with Crippen molar-refractivity contribution in [2.75, 3.05) is 0 Å². The lowest BCUT2D eigenvalue weighted by molar-refractivity contribution is -0.139. The fourth-order valence-electron chi connectivity index (χ4n) is 0.910. The molecule has 0 aromatic carbocycles. The van der Waals surface area contributed by atoms with Crippen molar-refractivity contribution in [2.45, 2.75) is 18.9 Å². The number of H-pyrrole nitrogens is 1. The fraction of sp³-hybridized carbons (Fsp3) is 0.429. The van der Waals surface area contributed by atoms with Gasteiger partial charge in [0.25, 0.3) is 0 Å². The molecular formula is C7H11N3O2. The Morgan fingerprint density at radius 1 is 1.83 bits per heavy atom. The summed E-state index contributed by atoms with van der Waals surface area (Å²) in [5.41, 5.74) is 5.39. The molecule has 0 spiro atoms. The Labute approximate surface area is 69.6 Å². The number of nitrogens with two attached hydrogens (primary N) is 1. The topological polar surface area (TPSA) is 92.0 Å². The Bertz CT molecular complexity index is 258. The Hall–Kier alpha value is -1.36. The highest BCUT2D eigenvalue weighted by atomic mass is 16.4. The normalized spacial score (nSPS) is 15.5. The zero-order chi connectivity index (χ0) is 9.14. The number of carboxylic acid groups (broad SMARTS) is 1. The van der Waals surface area contributed by atoms with E-state index in [1.807, 2.05) is 0 Å². The third-order valence-corrected chi connectivity index (χ3v) is 1.77. The van der Waals surface area contributed by atoms with Gasteiger partial charge in [0, 0.05) is 18.3 Å². The van der Waals surface area contributed by atoms with Crippen molar-refractivity contribution in [3.63, 3.8) is 0 Å². The molecule has 0 bridgehead atoms. The first-order chi connectivity index (χ1) is 5.63. The van der Waals surface area contributed by atoms with E-state index in [2.05, 4.69) is 9.97 Å². The number of nitrogens with one attached hydrogen (secondary N) is 1. The number of carboxylic acids is 1. The monoisotopic (exact) mass is 169 g/mol. The van der Waals surface area contributed by atoms with E-state index in [1.165, 1.54) is 0 Å². The average Bonchev–Trinajstić information content (AvgIpc) is 2.53. The molecule has 0 amide bonds. The molecular weight excluding hydrogens is 158 g/mol. The van der Waals surface area contributed by atoms with E-state index in [1.54, 1.807) is 19.3 Å². The molecule has 0 radical (unpaired) electrons. The maximum absolute atomic E-state index is 10.5. The molecule has 0 saturated carbocycles. The van der Waals surface area contributed by atoms with Crippen LogP contribution in [0.5, 0.6) is 0 Å². The number of aromatic nitrogens is 2. The predicted octanol–water partition coefficient (Wildman–Crippen LogP) is -0.0749. The van der Waals surface area contributed by atoms with E-state index in [9.17, 15) is 4.79 Å². The van der Waals surface area contributed by atoms with E-state index in [-0.39, 0.29) is 5.92 Å². The maximum atomic E-state index is 10.5. The van der Waals surface area contributed by atoms with Crippen LogP contribution >= 0.6 is 0 Å². The van der Waals surface area contributed by atoms with Crippen molar-refractivity contribution in [3.8, 4) is 0 Å². The first-order valence-corrected chi connectivity index (χ1v) is 3.60. The molecule has 0 saturated heterocycles. The number of aliphatic carboxylic acids is 1. The summed E-state index contributed by atoms with van der Waals surface area (Å²) < 4.78 is 0. The van der Waals surface area contributed by atoms with Crippen LogP contribution in [0, 0.1) is 0 Å². The van der Waals surface area contributed by atoms with Gasteiger partial charge in [-0.05, 0) is 0 Å². The lowest BCUT2D eigenvalue weighted by Gasteiger charge is -2.12. The minimum absolute atomic E-state index is 0.294. The summed E-state index contributed by atoms with van der Waals surface area (Å²) in [4.78, 5) is 17.2. The highest BCUT2D eigenvalue weighted by Gasteiger charge is 2.22. The van der Waals surface area contributed by atoms with Gasteiger partial charge in [-0.3, -0.25) is 4.79 Å². The van der Waals surface area contributed by atoms with Crippen molar-refractivity contribution in [3.05, 3.63) is 18.2 Å². The maximum Gasteiger partial charge on any atom is 0.321 e. The number of aromatic amines is 1. The van der Waals surface area contributed by atoms with Gasteiger partial charge >= 0.3 is 5.97 Å². The highest BCUT2D eigenvalue weighted by Crippen LogP contribution is 2.12. The van der Waals surface area contributed by atoms with Crippen LogP contribution in [0.15, 0.2) is 12.4 Å². The number of nitrogens with zero attached hydrogens (tertiary/aromatic N) is 1. The van der Waals surface area contributed by atoms with Crippen LogP contribution in [-0.2, 0) is 4.79 Å². The number of rotatable bonds is 3. The minimum atomic E-state index is -1.01. The van der Waals surface area contributed by atoms with Crippen LogP contribution < -0.4 is 5.73 Å². The van der Waals surface area contributed by atoms with Crippen molar-refractivity contribution >= 4 is 5.97 Å². The number of hydrogen-bond donors (Lipinski definition) is 3. The van der Waals surface area contributed by atoms with Crippen LogP contribution in [0.2, 0.25) is 0 Å². The lowest BCUT2D eigenvalue weighted by atomic mass is 10.0. The molecule has 2 atom stereocenters. The van der Waals surface area contributed by atoms with Crippen LogP contribution in [-0.4, -0.2) is 27.1 Å². The molecule has 0 aliphatic carbocycles. The van der Waals surface area contributed by atoms with Gasteiger partial charge < -0.3 is 15.8 Å². The van der Waals surface area contributed by atoms with Gasteiger partial charge in [-0.25, -0.2) is 4.98 Å². The second kappa shape index (κ2) is 3.36. The van der Waals surface area contributed by atoms with Crippen LogP contribution in [0.1, 0.15) is 18.7 Å². The summed E-state index contributed by atoms with van der Waals surface area (Å²) in [6, 6.07) is -0.906. The first kappa shape index (κ1) is 8.73. The van der Waals surface area contributed by atoms with Gasteiger partial charge in [0.15, 0.2) is 0 Å². The molecule has 0 aliphatic rings. The molecule has 1 aromatic rings. The SMILES string of the molecule is CC(c1ncc[nH]1)[C@H](N)C(=O)O. The van der Waals surface area contributed by atoms with Gasteiger partial charge in [-0.1, -0.05) is 6.92 Å². The van der Waals surface area contributed by atoms with Crippen LogP contribution in [0.3, 0.4) is 0 Å². The van der Waals surface area contributed by atoms with E-state index >= 15 is 0 Å². The van der Waals surface area contributed by atoms with Crippen molar-refractivity contribution in [2.24, 2.45) is 5.73 Å². The van der Waals surface area contributed by atoms with Gasteiger partial charge in [-0.15, -0.1) is 0 Å². The standard InChI is InChI=1S/C7H11N3O2/c1-4(5(8)7(11)12)6-9-2-3-10-6/h2-5H,8H2,1H3,(H,9,10)(H,11,12)/t4?,5-/m0/s1. The smallest absolute Gasteiger partial charge is 0.321 e. The number of imidazole rings is 1. The van der Waals surface area contributed by atoms with Crippen molar-refractivity contribution < 1.29 is 9.90 Å². The molecule has 1 unspecified atom stereocenters. The molecule has 1 heterocycles. The van der Waals surface area contributed by atoms with E-state index in [4.69, 9.17) is 10.8 Å². The van der Waals surface area contributed by atoms with Crippen LogP contribution in [0.25, 0.3) is 0 Å². The van der Waals surface area contributed by atoms with E-state index in [0.717, 1.165) is 0 Å². The molecule has 5 heteroatoms. The molecule has 12 heavy (non-hydrogen) atoms. The van der Waals surface area contributed by atoms with Gasteiger partial charge in [0.2, 0.25) is 0 Å². The zero-order valence-corrected chi connectivity index (χ0v) is 6.69. The summed E-state index contributed by atoms with van der Waals surface area (Å²) in [5.74, 6) is -0.707. The summed E-state index contributed by atoms with van der Waals surface area (Å²) in [7, 11) is 0. The average molecular weight is 169 g/mol. The lowest BCUT2D eigenvalue weighted by Crippen LogP contribution is -2.35. The summed E-state index contributed by atoms with van der Waals surface area (Å²) in [6.07, 6.45) is 3.21. The second-order valence-corrected chi connectivity index (χ2v) is 2.63. The molecule has 1 rings (SSSR count). The third-order valence-electron chi connectivity index (χ3n) is 1.77. The number of carbonyl (C=O) groups is 1. The Morgan fingerprint density at radius 2 is 2.50 bits per heavy atom. The minimum Gasteiger partial charge on any atom is -0.480 e. The Balaban J connectivity index is 2.71. The largest absolute Gasteiger partial charge is 0.480 e. The van der Waals surface area contributed by atoms with E-state index in [0.29, 0.717) is 5.82 Å². The third kappa shape index (κ3) is 1.62. The van der Waals surface area contributed by atoms with Crippen LogP contribution in [0.4, 0.5) is 0 Å².